The van der Waals surface area contributed by atoms with Crippen LogP contribution < -0.4 is 10.2 Å². The Morgan fingerprint density at radius 3 is 2.42 bits per heavy atom. The summed E-state index contributed by atoms with van der Waals surface area (Å²) in [7, 11) is 0. The number of carboxylic acids is 2. The Morgan fingerprint density at radius 2 is 1.88 bits per heavy atom. The van der Waals surface area contributed by atoms with Gasteiger partial charge in [0.2, 0.25) is 5.91 Å². The van der Waals surface area contributed by atoms with Gasteiger partial charge in [0.1, 0.15) is 0 Å². The van der Waals surface area contributed by atoms with Crippen molar-refractivity contribution in [2.45, 2.75) is 12.6 Å². The fraction of sp³-hybridized carbons (Fsp3) is 0.438. The van der Waals surface area contributed by atoms with Crippen molar-refractivity contribution in [2.24, 2.45) is 11.8 Å². The van der Waals surface area contributed by atoms with Crippen LogP contribution in [0.25, 0.3) is 0 Å². The SMILES string of the molecule is O=C(O)C(F)(F)F.O=C(O)c1cccc(N2C[C@H]3CNCC[C@H]3C2=O)c1. The molecule has 2 saturated heterocycles. The number of hydrogen-bond donors (Lipinski definition) is 3. The first-order chi connectivity index (χ1) is 12.1. The lowest BCUT2D eigenvalue weighted by Gasteiger charge is -2.22. The standard InChI is InChI=1S/C14H16N2O3.C2HF3O2/c17-13-12-4-5-15-7-10(12)8-16(13)11-3-1-2-9(6-11)14(18)19;3-2(4,5)1(6)7/h1-3,6,10,12,15H,4-5,7-8H2,(H,18,19);(H,6,7)/t10-,12-;/m1./s1. The van der Waals surface area contributed by atoms with E-state index in [1.54, 1.807) is 29.2 Å². The maximum atomic E-state index is 12.4. The van der Waals surface area contributed by atoms with Gasteiger partial charge in [0.25, 0.3) is 0 Å². The second kappa shape index (κ2) is 7.73. The summed E-state index contributed by atoms with van der Waals surface area (Å²) in [4.78, 5) is 34.0. The van der Waals surface area contributed by atoms with Crippen molar-refractivity contribution in [2.75, 3.05) is 24.5 Å². The summed E-state index contributed by atoms with van der Waals surface area (Å²) < 4.78 is 31.7. The van der Waals surface area contributed by atoms with E-state index in [-0.39, 0.29) is 17.4 Å². The average Bonchev–Trinajstić information content (AvgIpc) is 2.92. The summed E-state index contributed by atoms with van der Waals surface area (Å²) in [6.45, 7) is 2.43. The molecule has 142 valence electrons. The molecule has 2 fully saturated rings. The topological polar surface area (TPSA) is 107 Å². The van der Waals surface area contributed by atoms with Gasteiger partial charge >= 0.3 is 18.1 Å². The van der Waals surface area contributed by atoms with Crippen LogP contribution in [0.4, 0.5) is 18.9 Å². The molecule has 1 aromatic carbocycles. The van der Waals surface area contributed by atoms with Crippen LogP contribution in [0.3, 0.4) is 0 Å². The molecule has 0 spiro atoms. The predicted molar refractivity (Wildman–Crippen MR) is 83.9 cm³/mol. The van der Waals surface area contributed by atoms with Crippen molar-refractivity contribution in [3.05, 3.63) is 29.8 Å². The predicted octanol–water partition coefficient (Wildman–Crippen LogP) is 1.59. The first kappa shape index (κ1) is 19.7. The summed E-state index contributed by atoms with van der Waals surface area (Å²) in [6.07, 6.45) is -4.21. The van der Waals surface area contributed by atoms with Gasteiger partial charge in [-0.2, -0.15) is 13.2 Å². The van der Waals surface area contributed by atoms with Crippen LogP contribution in [0.1, 0.15) is 16.8 Å². The van der Waals surface area contributed by atoms with Crippen LogP contribution >= 0.6 is 0 Å². The molecule has 2 heterocycles. The molecule has 2 atom stereocenters. The molecule has 0 bridgehead atoms. The molecular weight excluding hydrogens is 357 g/mol. The van der Waals surface area contributed by atoms with Crippen molar-refractivity contribution >= 4 is 23.5 Å². The summed E-state index contributed by atoms with van der Waals surface area (Å²) >= 11 is 0. The number of fused-ring (bicyclic) bond motifs is 1. The first-order valence-electron chi connectivity index (χ1n) is 7.77. The number of carboxylic acid groups (broad SMARTS) is 2. The van der Waals surface area contributed by atoms with Gasteiger partial charge in [-0.1, -0.05) is 6.07 Å². The number of piperidine rings is 1. The third-order valence-corrected chi connectivity index (χ3v) is 4.26. The third kappa shape index (κ3) is 4.51. The number of aromatic carboxylic acids is 1. The van der Waals surface area contributed by atoms with Gasteiger partial charge in [-0.3, -0.25) is 4.79 Å². The molecular formula is C16H17F3N2O5. The van der Waals surface area contributed by atoms with E-state index >= 15 is 0 Å². The summed E-state index contributed by atoms with van der Waals surface area (Å²) in [5.41, 5.74) is 0.914. The lowest BCUT2D eigenvalue weighted by Crippen LogP contribution is -2.36. The van der Waals surface area contributed by atoms with E-state index in [2.05, 4.69) is 5.32 Å². The molecule has 3 rings (SSSR count). The molecule has 10 heteroatoms. The zero-order valence-corrected chi connectivity index (χ0v) is 13.5. The molecule has 0 aromatic heterocycles. The van der Waals surface area contributed by atoms with Crippen molar-refractivity contribution in [3.63, 3.8) is 0 Å². The molecule has 7 nitrogen and oxygen atoms in total. The van der Waals surface area contributed by atoms with Crippen LogP contribution in [-0.4, -0.2) is 53.9 Å². The van der Waals surface area contributed by atoms with Gasteiger partial charge in [0, 0.05) is 30.6 Å². The number of rotatable bonds is 2. The third-order valence-electron chi connectivity index (χ3n) is 4.26. The van der Waals surface area contributed by atoms with Crippen LogP contribution in [0, 0.1) is 11.8 Å². The van der Waals surface area contributed by atoms with Gasteiger partial charge in [-0.15, -0.1) is 0 Å². The molecule has 0 saturated carbocycles. The van der Waals surface area contributed by atoms with Gasteiger partial charge in [-0.25, -0.2) is 9.59 Å². The summed E-state index contributed by atoms with van der Waals surface area (Å²) in [6, 6.07) is 6.60. The van der Waals surface area contributed by atoms with Crippen LogP contribution in [-0.2, 0) is 9.59 Å². The summed E-state index contributed by atoms with van der Waals surface area (Å²) in [5.74, 6) is -3.15. The Labute approximate surface area is 146 Å². The highest BCUT2D eigenvalue weighted by molar-refractivity contribution is 5.99. The minimum atomic E-state index is -5.08. The molecule has 1 aromatic rings. The normalized spacial score (nSPS) is 22.3. The van der Waals surface area contributed by atoms with Crippen molar-refractivity contribution in [1.29, 1.82) is 0 Å². The number of alkyl halides is 3. The Morgan fingerprint density at radius 1 is 1.23 bits per heavy atom. The number of aliphatic carboxylic acids is 1. The molecule has 3 N–H and O–H groups in total. The minimum Gasteiger partial charge on any atom is -0.478 e. The Kier molecular flexibility index (Phi) is 5.86. The lowest BCUT2D eigenvalue weighted by molar-refractivity contribution is -0.192. The monoisotopic (exact) mass is 374 g/mol. The smallest absolute Gasteiger partial charge is 0.478 e. The van der Waals surface area contributed by atoms with Gasteiger partial charge < -0.3 is 20.4 Å². The number of anilines is 1. The van der Waals surface area contributed by atoms with Gasteiger partial charge in [0.05, 0.1) is 5.56 Å². The van der Waals surface area contributed by atoms with E-state index < -0.39 is 18.1 Å². The Balaban J connectivity index is 0.000000298. The minimum absolute atomic E-state index is 0.0923. The quantitative estimate of drug-likeness (QED) is 0.726. The largest absolute Gasteiger partial charge is 0.490 e. The van der Waals surface area contributed by atoms with Crippen molar-refractivity contribution in [1.82, 2.24) is 5.32 Å². The van der Waals surface area contributed by atoms with Crippen LogP contribution in [0.2, 0.25) is 0 Å². The zero-order chi connectivity index (χ0) is 19.5. The van der Waals surface area contributed by atoms with Gasteiger partial charge in [0.15, 0.2) is 0 Å². The molecule has 0 radical (unpaired) electrons. The number of hydrogen-bond acceptors (Lipinski definition) is 4. The summed E-state index contributed by atoms with van der Waals surface area (Å²) in [5, 5.41) is 19.4. The van der Waals surface area contributed by atoms with Crippen molar-refractivity contribution in [3.8, 4) is 0 Å². The lowest BCUT2D eigenvalue weighted by atomic mass is 9.89. The number of carbonyl (C=O) groups excluding carboxylic acids is 1. The van der Waals surface area contributed by atoms with Crippen molar-refractivity contribution < 1.29 is 37.8 Å². The van der Waals surface area contributed by atoms with E-state index in [4.69, 9.17) is 15.0 Å². The number of halogens is 3. The van der Waals surface area contributed by atoms with Crippen LogP contribution in [0.15, 0.2) is 24.3 Å². The number of nitrogens with zero attached hydrogens (tertiary/aromatic N) is 1. The number of carbonyl (C=O) groups is 3. The van der Waals surface area contributed by atoms with E-state index in [9.17, 15) is 22.8 Å². The molecule has 1 amide bonds. The number of nitrogens with one attached hydrogen (secondary N) is 1. The van der Waals surface area contributed by atoms with E-state index in [1.807, 2.05) is 0 Å². The molecule has 26 heavy (non-hydrogen) atoms. The number of benzene rings is 1. The highest BCUT2D eigenvalue weighted by Gasteiger charge is 2.42. The second-order valence-corrected chi connectivity index (χ2v) is 5.97. The Bertz CT molecular complexity index is 707. The highest BCUT2D eigenvalue weighted by atomic mass is 19.4. The molecule has 2 aliphatic heterocycles. The van der Waals surface area contributed by atoms with E-state index in [1.165, 1.54) is 0 Å². The van der Waals surface area contributed by atoms with Crippen LogP contribution in [0.5, 0.6) is 0 Å². The fourth-order valence-electron chi connectivity index (χ4n) is 3.00. The van der Waals surface area contributed by atoms with E-state index in [0.29, 0.717) is 18.2 Å². The maximum Gasteiger partial charge on any atom is 0.490 e. The molecule has 2 aliphatic rings. The number of amides is 1. The molecule has 0 unspecified atom stereocenters. The first-order valence-corrected chi connectivity index (χ1v) is 7.77. The molecule has 0 aliphatic carbocycles. The zero-order valence-electron chi connectivity index (χ0n) is 13.5. The second-order valence-electron chi connectivity index (χ2n) is 5.97. The maximum absolute atomic E-state index is 12.4. The van der Waals surface area contributed by atoms with Gasteiger partial charge in [-0.05, 0) is 31.2 Å². The fourth-order valence-corrected chi connectivity index (χ4v) is 3.00. The average molecular weight is 374 g/mol. The Hall–Kier alpha value is -2.62. The highest BCUT2D eigenvalue weighted by Crippen LogP contribution is 2.33. The van der Waals surface area contributed by atoms with E-state index in [0.717, 1.165) is 19.5 Å².